The number of ether oxygens (including phenoxy) is 1. The fraction of sp³-hybridized carbons (Fsp3) is 0.643. The quantitative estimate of drug-likeness (QED) is 0.757. The van der Waals surface area contributed by atoms with E-state index in [0.29, 0.717) is 31.9 Å². The standard InChI is InChI=1S/C14H21N3O3/c1-3-8-16-10-7-15-12(13(16)18)17-9-5-6-11(17)14(19)20-4-2/h7,10-11H,3-6,8-9H2,1-2H3. The van der Waals surface area contributed by atoms with E-state index in [1.165, 1.54) is 0 Å². The molecule has 2 rings (SSSR count). The lowest BCUT2D eigenvalue weighted by Gasteiger charge is -2.23. The predicted octanol–water partition coefficient (Wildman–Crippen LogP) is 1.19. The van der Waals surface area contributed by atoms with Crippen LogP contribution in [0.1, 0.15) is 33.1 Å². The zero-order chi connectivity index (χ0) is 14.5. The Morgan fingerprint density at radius 3 is 3.00 bits per heavy atom. The maximum Gasteiger partial charge on any atom is 0.328 e. The van der Waals surface area contributed by atoms with Gasteiger partial charge in [0.15, 0.2) is 5.82 Å². The highest BCUT2D eigenvalue weighted by molar-refractivity contribution is 5.80. The van der Waals surface area contributed by atoms with Gasteiger partial charge in [-0.05, 0) is 26.2 Å². The number of aromatic nitrogens is 2. The van der Waals surface area contributed by atoms with Crippen LogP contribution in [0.3, 0.4) is 0 Å². The molecule has 1 aliphatic heterocycles. The van der Waals surface area contributed by atoms with Crippen LogP contribution in [0.4, 0.5) is 5.82 Å². The van der Waals surface area contributed by atoms with Gasteiger partial charge in [0.1, 0.15) is 6.04 Å². The number of aryl methyl sites for hydroxylation is 1. The van der Waals surface area contributed by atoms with Gasteiger partial charge in [0.2, 0.25) is 0 Å². The first-order chi connectivity index (χ1) is 9.69. The zero-order valence-electron chi connectivity index (χ0n) is 12.0. The zero-order valence-corrected chi connectivity index (χ0v) is 12.0. The molecule has 0 amide bonds. The highest BCUT2D eigenvalue weighted by Gasteiger charge is 2.34. The van der Waals surface area contributed by atoms with E-state index >= 15 is 0 Å². The Hall–Kier alpha value is -1.85. The summed E-state index contributed by atoms with van der Waals surface area (Å²) in [6.07, 6.45) is 5.76. The van der Waals surface area contributed by atoms with Crippen molar-refractivity contribution >= 4 is 11.8 Å². The lowest BCUT2D eigenvalue weighted by atomic mass is 10.2. The van der Waals surface area contributed by atoms with E-state index in [1.807, 2.05) is 6.92 Å². The van der Waals surface area contributed by atoms with Crippen LogP contribution in [0.25, 0.3) is 0 Å². The van der Waals surface area contributed by atoms with Crippen LogP contribution in [-0.2, 0) is 16.1 Å². The Labute approximate surface area is 118 Å². The van der Waals surface area contributed by atoms with Gasteiger partial charge in [-0.1, -0.05) is 6.92 Å². The SMILES string of the molecule is CCCn1ccnc(N2CCCC2C(=O)OCC)c1=O. The van der Waals surface area contributed by atoms with Crippen molar-refractivity contribution < 1.29 is 9.53 Å². The van der Waals surface area contributed by atoms with E-state index in [9.17, 15) is 9.59 Å². The number of hydrogen-bond acceptors (Lipinski definition) is 5. The number of carbonyl (C=O) groups excluding carboxylic acids is 1. The van der Waals surface area contributed by atoms with Crippen molar-refractivity contribution in [2.24, 2.45) is 0 Å². The van der Waals surface area contributed by atoms with Gasteiger partial charge in [-0.2, -0.15) is 0 Å². The van der Waals surface area contributed by atoms with Crippen molar-refractivity contribution in [1.29, 1.82) is 0 Å². The molecule has 0 N–H and O–H groups in total. The molecule has 1 aromatic heterocycles. The van der Waals surface area contributed by atoms with Crippen molar-refractivity contribution in [2.75, 3.05) is 18.1 Å². The van der Waals surface area contributed by atoms with Crippen LogP contribution < -0.4 is 10.5 Å². The maximum atomic E-state index is 12.4. The normalized spacial score (nSPS) is 18.3. The predicted molar refractivity (Wildman–Crippen MR) is 75.8 cm³/mol. The summed E-state index contributed by atoms with van der Waals surface area (Å²) in [5.41, 5.74) is -0.134. The molecular weight excluding hydrogens is 258 g/mol. The highest BCUT2D eigenvalue weighted by Crippen LogP contribution is 2.22. The highest BCUT2D eigenvalue weighted by atomic mass is 16.5. The maximum absolute atomic E-state index is 12.4. The van der Waals surface area contributed by atoms with Crippen molar-refractivity contribution in [3.8, 4) is 0 Å². The first kappa shape index (κ1) is 14.6. The van der Waals surface area contributed by atoms with E-state index in [2.05, 4.69) is 4.98 Å². The van der Waals surface area contributed by atoms with Gasteiger partial charge in [-0.15, -0.1) is 0 Å². The Balaban J connectivity index is 2.28. The minimum absolute atomic E-state index is 0.134. The van der Waals surface area contributed by atoms with E-state index in [-0.39, 0.29) is 17.6 Å². The molecule has 0 spiro atoms. The van der Waals surface area contributed by atoms with Crippen molar-refractivity contribution in [2.45, 2.75) is 45.7 Å². The van der Waals surface area contributed by atoms with Crippen molar-refractivity contribution in [3.05, 3.63) is 22.7 Å². The monoisotopic (exact) mass is 279 g/mol. The molecule has 110 valence electrons. The van der Waals surface area contributed by atoms with Gasteiger partial charge in [0.05, 0.1) is 6.61 Å². The van der Waals surface area contributed by atoms with E-state index in [0.717, 1.165) is 12.8 Å². The van der Waals surface area contributed by atoms with E-state index in [4.69, 9.17) is 4.74 Å². The van der Waals surface area contributed by atoms with Crippen LogP contribution in [0.5, 0.6) is 0 Å². The van der Waals surface area contributed by atoms with Crippen LogP contribution in [0.15, 0.2) is 17.2 Å². The van der Waals surface area contributed by atoms with Gasteiger partial charge >= 0.3 is 5.97 Å². The van der Waals surface area contributed by atoms with Gasteiger partial charge in [0.25, 0.3) is 5.56 Å². The van der Waals surface area contributed by atoms with E-state index < -0.39 is 0 Å². The summed E-state index contributed by atoms with van der Waals surface area (Å²) < 4.78 is 6.72. The lowest BCUT2D eigenvalue weighted by molar-refractivity contribution is -0.144. The number of hydrogen-bond donors (Lipinski definition) is 0. The molecule has 1 fully saturated rings. The van der Waals surface area contributed by atoms with Crippen LogP contribution >= 0.6 is 0 Å². The molecule has 1 saturated heterocycles. The Kier molecular flexibility index (Phi) is 4.76. The molecule has 0 aromatic carbocycles. The summed E-state index contributed by atoms with van der Waals surface area (Å²) in [6, 6.07) is -0.382. The largest absolute Gasteiger partial charge is 0.464 e. The number of nitrogens with zero attached hydrogens (tertiary/aromatic N) is 3. The molecule has 1 aliphatic rings. The average Bonchev–Trinajstić information content (AvgIpc) is 2.91. The number of esters is 1. The molecular formula is C14H21N3O3. The van der Waals surface area contributed by atoms with E-state index in [1.54, 1.807) is 28.8 Å². The number of anilines is 1. The number of rotatable bonds is 5. The minimum atomic E-state index is -0.382. The molecule has 0 radical (unpaired) electrons. The molecule has 1 aromatic rings. The van der Waals surface area contributed by atoms with Crippen LogP contribution in [0.2, 0.25) is 0 Å². The Bertz CT molecular complexity index is 527. The Morgan fingerprint density at radius 1 is 1.50 bits per heavy atom. The summed E-state index contributed by atoms with van der Waals surface area (Å²) in [6.45, 7) is 5.48. The second-order valence-corrected chi connectivity index (χ2v) is 4.85. The Morgan fingerprint density at radius 2 is 2.30 bits per heavy atom. The van der Waals surface area contributed by atoms with Gasteiger partial charge < -0.3 is 14.2 Å². The average molecular weight is 279 g/mol. The summed E-state index contributed by atoms with van der Waals surface area (Å²) in [7, 11) is 0. The van der Waals surface area contributed by atoms with Gasteiger partial charge in [-0.3, -0.25) is 4.79 Å². The summed E-state index contributed by atoms with van der Waals surface area (Å²) >= 11 is 0. The van der Waals surface area contributed by atoms with Gasteiger partial charge in [-0.25, -0.2) is 9.78 Å². The first-order valence-electron chi connectivity index (χ1n) is 7.17. The minimum Gasteiger partial charge on any atom is -0.464 e. The molecule has 1 unspecified atom stereocenters. The molecule has 0 aliphatic carbocycles. The second-order valence-electron chi connectivity index (χ2n) is 4.85. The van der Waals surface area contributed by atoms with Crippen LogP contribution in [0, 0.1) is 0 Å². The molecule has 6 nitrogen and oxygen atoms in total. The fourth-order valence-electron chi connectivity index (χ4n) is 2.55. The molecule has 1 atom stereocenters. The third-order valence-corrected chi connectivity index (χ3v) is 3.44. The van der Waals surface area contributed by atoms with Gasteiger partial charge in [0, 0.05) is 25.5 Å². The first-order valence-corrected chi connectivity index (χ1v) is 7.17. The second kappa shape index (κ2) is 6.54. The molecule has 0 bridgehead atoms. The summed E-state index contributed by atoms with van der Waals surface area (Å²) in [5, 5.41) is 0. The molecule has 2 heterocycles. The van der Waals surface area contributed by atoms with Crippen molar-refractivity contribution in [3.63, 3.8) is 0 Å². The van der Waals surface area contributed by atoms with Crippen LogP contribution in [-0.4, -0.2) is 34.7 Å². The van der Waals surface area contributed by atoms with Crippen molar-refractivity contribution in [1.82, 2.24) is 9.55 Å². The number of carbonyl (C=O) groups is 1. The topological polar surface area (TPSA) is 64.4 Å². The third-order valence-electron chi connectivity index (χ3n) is 3.44. The summed E-state index contributed by atoms with van der Waals surface area (Å²) in [4.78, 5) is 30.3. The molecule has 6 heteroatoms. The smallest absolute Gasteiger partial charge is 0.328 e. The summed E-state index contributed by atoms with van der Waals surface area (Å²) in [5.74, 6) is 0.0913. The molecule has 0 saturated carbocycles. The third kappa shape index (κ3) is 2.84. The fourth-order valence-corrected chi connectivity index (χ4v) is 2.55. The lowest BCUT2D eigenvalue weighted by Crippen LogP contribution is -2.41. The molecule has 20 heavy (non-hydrogen) atoms.